The van der Waals surface area contributed by atoms with Gasteiger partial charge in [0.25, 0.3) is 0 Å². The fourth-order valence-electron chi connectivity index (χ4n) is 1.84. The van der Waals surface area contributed by atoms with E-state index in [1.807, 2.05) is 0 Å². The first-order chi connectivity index (χ1) is 6.27. The van der Waals surface area contributed by atoms with Crippen molar-refractivity contribution in [1.29, 1.82) is 0 Å². The lowest BCUT2D eigenvalue weighted by Gasteiger charge is -2.05. The van der Waals surface area contributed by atoms with Gasteiger partial charge in [0.1, 0.15) is 0 Å². The zero-order valence-corrected chi connectivity index (χ0v) is 8.51. The Hall–Kier alpha value is -0.750. The minimum atomic E-state index is 0.245. The predicted octanol–water partition coefficient (Wildman–Crippen LogP) is 3.78. The average molecular weight is 193 g/mol. The largest absolute Gasteiger partial charge is 0.118 e. The smallest absolute Gasteiger partial charge is 0.0525 e. The molecule has 0 N–H and O–H groups in total. The predicted molar refractivity (Wildman–Crippen MR) is 58.0 cm³/mol. The highest BCUT2D eigenvalue weighted by molar-refractivity contribution is 6.22. The molecule has 0 amide bonds. The van der Waals surface area contributed by atoms with Gasteiger partial charge in [-0.15, -0.1) is 11.6 Å². The SMILES string of the molecule is Cc1ccccc1C1=CC(Cl)CC1. The molecule has 0 spiro atoms. The first kappa shape index (κ1) is 8.83. The Morgan fingerprint density at radius 2 is 2.08 bits per heavy atom. The summed E-state index contributed by atoms with van der Waals surface area (Å²) in [5, 5.41) is 0.245. The molecule has 1 aliphatic rings. The van der Waals surface area contributed by atoms with Gasteiger partial charge in [-0.05, 0) is 36.5 Å². The second-order valence-electron chi connectivity index (χ2n) is 3.56. The maximum absolute atomic E-state index is 6.03. The van der Waals surface area contributed by atoms with Crippen LogP contribution in [0, 0.1) is 6.92 Å². The van der Waals surface area contributed by atoms with Gasteiger partial charge in [-0.25, -0.2) is 0 Å². The Morgan fingerprint density at radius 1 is 1.31 bits per heavy atom. The van der Waals surface area contributed by atoms with Crippen LogP contribution in [0.15, 0.2) is 30.3 Å². The molecule has 0 fully saturated rings. The van der Waals surface area contributed by atoms with E-state index in [1.165, 1.54) is 16.7 Å². The van der Waals surface area contributed by atoms with Gasteiger partial charge in [0.15, 0.2) is 0 Å². The van der Waals surface area contributed by atoms with Gasteiger partial charge in [-0.2, -0.15) is 0 Å². The van der Waals surface area contributed by atoms with Crippen molar-refractivity contribution in [3.8, 4) is 0 Å². The molecule has 68 valence electrons. The average Bonchev–Trinajstić information content (AvgIpc) is 2.53. The molecule has 1 unspecified atom stereocenters. The highest BCUT2D eigenvalue weighted by Crippen LogP contribution is 2.31. The molecule has 0 aliphatic heterocycles. The molecule has 0 saturated heterocycles. The van der Waals surface area contributed by atoms with E-state index in [4.69, 9.17) is 11.6 Å². The molecule has 13 heavy (non-hydrogen) atoms. The Labute approximate surface area is 84.2 Å². The second-order valence-corrected chi connectivity index (χ2v) is 4.12. The van der Waals surface area contributed by atoms with Crippen molar-refractivity contribution in [2.24, 2.45) is 0 Å². The monoisotopic (exact) mass is 192 g/mol. The lowest BCUT2D eigenvalue weighted by molar-refractivity contribution is 0.941. The molecule has 0 aromatic heterocycles. The number of halogens is 1. The first-order valence-electron chi connectivity index (χ1n) is 4.68. The van der Waals surface area contributed by atoms with Crippen molar-refractivity contribution in [2.45, 2.75) is 25.1 Å². The van der Waals surface area contributed by atoms with E-state index in [-0.39, 0.29) is 5.38 Å². The zero-order chi connectivity index (χ0) is 9.26. The highest BCUT2D eigenvalue weighted by atomic mass is 35.5. The summed E-state index contributed by atoms with van der Waals surface area (Å²) >= 11 is 6.03. The molecule has 1 aliphatic carbocycles. The third-order valence-electron chi connectivity index (χ3n) is 2.56. The maximum Gasteiger partial charge on any atom is 0.0525 e. The summed E-state index contributed by atoms with van der Waals surface area (Å²) in [7, 11) is 0. The van der Waals surface area contributed by atoms with E-state index in [0.717, 1.165) is 12.8 Å². The van der Waals surface area contributed by atoms with Crippen LogP contribution in [0.25, 0.3) is 5.57 Å². The third kappa shape index (κ3) is 1.78. The molecule has 1 aromatic carbocycles. The number of hydrogen-bond acceptors (Lipinski definition) is 0. The van der Waals surface area contributed by atoms with Gasteiger partial charge in [-0.1, -0.05) is 30.3 Å². The number of allylic oxidation sites excluding steroid dienone is 2. The van der Waals surface area contributed by atoms with Gasteiger partial charge < -0.3 is 0 Å². The topological polar surface area (TPSA) is 0 Å². The lowest BCUT2D eigenvalue weighted by atomic mass is 10.0. The van der Waals surface area contributed by atoms with E-state index in [9.17, 15) is 0 Å². The van der Waals surface area contributed by atoms with Gasteiger partial charge in [-0.3, -0.25) is 0 Å². The molecule has 0 bridgehead atoms. The maximum atomic E-state index is 6.03. The summed E-state index contributed by atoms with van der Waals surface area (Å²) in [6, 6.07) is 8.49. The molecule has 1 aromatic rings. The Kier molecular flexibility index (Phi) is 2.41. The fourth-order valence-corrected chi connectivity index (χ4v) is 2.10. The summed E-state index contributed by atoms with van der Waals surface area (Å²) in [6.45, 7) is 2.15. The molecule has 1 heteroatoms. The van der Waals surface area contributed by atoms with Crippen molar-refractivity contribution in [3.63, 3.8) is 0 Å². The number of alkyl halides is 1. The van der Waals surface area contributed by atoms with Crippen molar-refractivity contribution in [3.05, 3.63) is 41.5 Å². The summed E-state index contributed by atoms with van der Waals surface area (Å²) in [6.07, 6.45) is 4.40. The Morgan fingerprint density at radius 3 is 2.69 bits per heavy atom. The molecule has 2 rings (SSSR count). The van der Waals surface area contributed by atoms with Crippen LogP contribution in [-0.2, 0) is 0 Å². The van der Waals surface area contributed by atoms with Crippen molar-refractivity contribution in [2.75, 3.05) is 0 Å². The summed E-state index contributed by atoms with van der Waals surface area (Å²) in [5.74, 6) is 0. The molecule has 1 atom stereocenters. The molecule has 0 nitrogen and oxygen atoms in total. The minimum absolute atomic E-state index is 0.245. The normalized spacial score (nSPS) is 21.7. The van der Waals surface area contributed by atoms with E-state index >= 15 is 0 Å². The van der Waals surface area contributed by atoms with E-state index in [2.05, 4.69) is 37.3 Å². The van der Waals surface area contributed by atoms with E-state index < -0.39 is 0 Å². The Bertz CT molecular complexity index is 339. The zero-order valence-electron chi connectivity index (χ0n) is 7.76. The molecule has 0 radical (unpaired) electrons. The van der Waals surface area contributed by atoms with Crippen LogP contribution in [0.3, 0.4) is 0 Å². The van der Waals surface area contributed by atoms with Crippen molar-refractivity contribution >= 4 is 17.2 Å². The molecular formula is C12H13Cl. The number of benzene rings is 1. The first-order valence-corrected chi connectivity index (χ1v) is 5.12. The summed E-state index contributed by atoms with van der Waals surface area (Å²) in [4.78, 5) is 0. The van der Waals surface area contributed by atoms with Crippen LogP contribution in [0.4, 0.5) is 0 Å². The number of rotatable bonds is 1. The van der Waals surface area contributed by atoms with Crippen molar-refractivity contribution in [1.82, 2.24) is 0 Å². The molecule has 0 heterocycles. The molecule has 0 saturated carbocycles. The van der Waals surface area contributed by atoms with Crippen molar-refractivity contribution < 1.29 is 0 Å². The lowest BCUT2D eigenvalue weighted by Crippen LogP contribution is -1.84. The van der Waals surface area contributed by atoms with Gasteiger partial charge >= 0.3 is 0 Å². The fraction of sp³-hybridized carbons (Fsp3) is 0.333. The van der Waals surface area contributed by atoms with Crippen LogP contribution in [0.5, 0.6) is 0 Å². The van der Waals surface area contributed by atoms with Crippen LogP contribution < -0.4 is 0 Å². The number of aryl methyl sites for hydroxylation is 1. The minimum Gasteiger partial charge on any atom is -0.118 e. The summed E-state index contributed by atoms with van der Waals surface area (Å²) in [5.41, 5.74) is 4.13. The molecular weight excluding hydrogens is 180 g/mol. The van der Waals surface area contributed by atoms with Crippen LogP contribution in [-0.4, -0.2) is 5.38 Å². The van der Waals surface area contributed by atoms with E-state index in [1.54, 1.807) is 0 Å². The van der Waals surface area contributed by atoms with Gasteiger partial charge in [0.05, 0.1) is 5.38 Å². The third-order valence-corrected chi connectivity index (χ3v) is 2.91. The van der Waals surface area contributed by atoms with Gasteiger partial charge in [0, 0.05) is 0 Å². The second kappa shape index (κ2) is 3.55. The van der Waals surface area contributed by atoms with Gasteiger partial charge in [0.2, 0.25) is 0 Å². The van der Waals surface area contributed by atoms with Crippen LogP contribution in [0.1, 0.15) is 24.0 Å². The van der Waals surface area contributed by atoms with Crippen LogP contribution >= 0.6 is 11.6 Å². The van der Waals surface area contributed by atoms with E-state index in [0.29, 0.717) is 0 Å². The quantitative estimate of drug-likeness (QED) is 0.594. The standard InChI is InChI=1S/C12H13Cl/c1-9-4-2-3-5-12(9)10-6-7-11(13)8-10/h2-5,8,11H,6-7H2,1H3. The Balaban J connectivity index is 2.36. The highest BCUT2D eigenvalue weighted by Gasteiger charge is 2.15. The van der Waals surface area contributed by atoms with Crippen LogP contribution in [0.2, 0.25) is 0 Å². The number of hydrogen-bond donors (Lipinski definition) is 0. The summed E-state index contributed by atoms with van der Waals surface area (Å²) < 4.78 is 0.